The third kappa shape index (κ3) is 4.25. The van der Waals surface area contributed by atoms with Gasteiger partial charge in [0.05, 0.1) is 5.56 Å². The Balaban J connectivity index is 1.56. The molecule has 3 rings (SSSR count). The minimum absolute atomic E-state index is 0.0731. The predicted octanol–water partition coefficient (Wildman–Crippen LogP) is 2.65. The Labute approximate surface area is 153 Å². The van der Waals surface area contributed by atoms with E-state index in [1.807, 2.05) is 18.2 Å². The maximum absolute atomic E-state index is 12.1. The number of thioether (sulfide) groups is 1. The van der Waals surface area contributed by atoms with Crippen molar-refractivity contribution in [2.45, 2.75) is 5.03 Å². The van der Waals surface area contributed by atoms with Gasteiger partial charge in [-0.3, -0.25) is 10.1 Å². The summed E-state index contributed by atoms with van der Waals surface area (Å²) in [6, 6.07) is 12.3. The first-order valence-electron chi connectivity index (χ1n) is 7.52. The van der Waals surface area contributed by atoms with Crippen LogP contribution in [0.25, 0.3) is 11.5 Å². The summed E-state index contributed by atoms with van der Waals surface area (Å²) in [6.45, 7) is -0.482. The van der Waals surface area contributed by atoms with Gasteiger partial charge in [-0.25, -0.2) is 9.78 Å². The SMILES string of the molecule is CSc1ncccc1C(=O)OCC(=O)Nc1nnc(-c2ccccc2)o1. The van der Waals surface area contributed by atoms with Crippen LogP contribution in [-0.4, -0.2) is 39.9 Å². The Hall–Kier alpha value is -3.20. The number of anilines is 1. The first-order valence-corrected chi connectivity index (χ1v) is 8.75. The highest BCUT2D eigenvalue weighted by Gasteiger charge is 2.16. The molecular formula is C17H14N4O4S. The number of nitrogens with zero attached hydrogens (tertiary/aromatic N) is 3. The summed E-state index contributed by atoms with van der Waals surface area (Å²) in [5, 5.41) is 10.5. The largest absolute Gasteiger partial charge is 0.452 e. The van der Waals surface area contributed by atoms with E-state index in [-0.39, 0.29) is 11.9 Å². The molecule has 1 N–H and O–H groups in total. The molecule has 0 spiro atoms. The van der Waals surface area contributed by atoms with E-state index in [2.05, 4.69) is 20.5 Å². The molecule has 3 aromatic rings. The van der Waals surface area contributed by atoms with Crippen molar-refractivity contribution in [2.24, 2.45) is 0 Å². The minimum Gasteiger partial charge on any atom is -0.452 e. The molecule has 9 heteroatoms. The number of hydrogen-bond acceptors (Lipinski definition) is 8. The van der Waals surface area contributed by atoms with Crippen molar-refractivity contribution in [3.63, 3.8) is 0 Å². The molecular weight excluding hydrogens is 356 g/mol. The number of ether oxygens (including phenoxy) is 1. The Morgan fingerprint density at radius 2 is 1.96 bits per heavy atom. The fourth-order valence-electron chi connectivity index (χ4n) is 2.04. The highest BCUT2D eigenvalue weighted by Crippen LogP contribution is 2.19. The Kier molecular flexibility index (Phi) is 5.59. The number of rotatable bonds is 6. The van der Waals surface area contributed by atoms with Gasteiger partial charge in [0.1, 0.15) is 5.03 Å². The minimum atomic E-state index is -0.631. The first-order chi connectivity index (χ1) is 12.7. The highest BCUT2D eigenvalue weighted by molar-refractivity contribution is 7.98. The smallest absolute Gasteiger partial charge is 0.341 e. The van der Waals surface area contributed by atoms with Gasteiger partial charge in [0.15, 0.2) is 6.61 Å². The van der Waals surface area contributed by atoms with Crippen molar-refractivity contribution >= 4 is 29.7 Å². The van der Waals surface area contributed by atoms with E-state index in [4.69, 9.17) is 9.15 Å². The summed E-state index contributed by atoms with van der Waals surface area (Å²) in [5.74, 6) is -0.942. The normalized spacial score (nSPS) is 10.3. The number of carbonyl (C=O) groups excluding carboxylic acids is 2. The highest BCUT2D eigenvalue weighted by atomic mass is 32.2. The fraction of sp³-hybridized carbons (Fsp3) is 0.118. The summed E-state index contributed by atoms with van der Waals surface area (Å²) < 4.78 is 10.4. The van der Waals surface area contributed by atoms with Crippen molar-refractivity contribution in [3.8, 4) is 11.5 Å². The molecule has 0 fully saturated rings. The molecule has 132 valence electrons. The van der Waals surface area contributed by atoms with Gasteiger partial charge in [-0.15, -0.1) is 16.9 Å². The van der Waals surface area contributed by atoms with E-state index in [0.29, 0.717) is 10.6 Å². The topological polar surface area (TPSA) is 107 Å². The second-order valence-electron chi connectivity index (χ2n) is 4.96. The molecule has 0 saturated carbocycles. The molecule has 8 nitrogen and oxygen atoms in total. The number of nitrogens with one attached hydrogen (secondary N) is 1. The molecule has 0 radical (unpaired) electrons. The zero-order chi connectivity index (χ0) is 18.4. The van der Waals surface area contributed by atoms with Crippen LogP contribution in [-0.2, 0) is 9.53 Å². The number of amides is 1. The van der Waals surface area contributed by atoms with Crippen LogP contribution in [0.5, 0.6) is 0 Å². The van der Waals surface area contributed by atoms with Gasteiger partial charge in [0.2, 0.25) is 5.89 Å². The third-order valence-electron chi connectivity index (χ3n) is 3.21. The van der Waals surface area contributed by atoms with Crippen LogP contribution in [0.4, 0.5) is 6.01 Å². The van der Waals surface area contributed by atoms with Crippen LogP contribution in [0, 0.1) is 0 Å². The summed E-state index contributed by atoms with van der Waals surface area (Å²) >= 11 is 1.32. The predicted molar refractivity (Wildman–Crippen MR) is 94.7 cm³/mol. The first kappa shape index (κ1) is 17.6. The maximum atomic E-state index is 12.1. The van der Waals surface area contributed by atoms with E-state index >= 15 is 0 Å². The number of aromatic nitrogens is 3. The van der Waals surface area contributed by atoms with Crippen LogP contribution in [0.2, 0.25) is 0 Å². The van der Waals surface area contributed by atoms with Crippen LogP contribution in [0.3, 0.4) is 0 Å². The van der Waals surface area contributed by atoms with Crippen molar-refractivity contribution in [1.29, 1.82) is 0 Å². The average Bonchev–Trinajstić information content (AvgIpc) is 3.15. The van der Waals surface area contributed by atoms with Crippen molar-refractivity contribution in [1.82, 2.24) is 15.2 Å². The summed E-state index contributed by atoms with van der Waals surface area (Å²) in [4.78, 5) is 28.0. The Morgan fingerprint density at radius 1 is 1.15 bits per heavy atom. The zero-order valence-electron chi connectivity index (χ0n) is 13.7. The van der Waals surface area contributed by atoms with Gasteiger partial charge < -0.3 is 9.15 Å². The molecule has 26 heavy (non-hydrogen) atoms. The summed E-state index contributed by atoms with van der Waals surface area (Å²) in [6.07, 6.45) is 3.38. The number of pyridine rings is 1. The van der Waals surface area contributed by atoms with Gasteiger partial charge in [0.25, 0.3) is 5.91 Å². The number of benzene rings is 1. The second kappa shape index (κ2) is 8.26. The van der Waals surface area contributed by atoms with Gasteiger partial charge in [-0.2, -0.15) is 0 Å². The summed E-state index contributed by atoms with van der Waals surface area (Å²) in [5.41, 5.74) is 1.03. The molecule has 0 aliphatic rings. The molecule has 1 aromatic carbocycles. The zero-order valence-corrected chi connectivity index (χ0v) is 14.5. The number of carbonyl (C=O) groups is 2. The molecule has 0 bridgehead atoms. The molecule has 2 aromatic heterocycles. The molecule has 0 aliphatic carbocycles. The maximum Gasteiger partial charge on any atom is 0.341 e. The fourth-order valence-corrected chi connectivity index (χ4v) is 2.58. The monoisotopic (exact) mass is 370 g/mol. The van der Waals surface area contributed by atoms with Gasteiger partial charge in [0, 0.05) is 11.8 Å². The van der Waals surface area contributed by atoms with E-state index in [1.165, 1.54) is 11.8 Å². The average molecular weight is 370 g/mol. The lowest BCUT2D eigenvalue weighted by molar-refractivity contribution is -0.119. The molecule has 1 amide bonds. The number of hydrogen-bond donors (Lipinski definition) is 1. The van der Waals surface area contributed by atoms with Crippen molar-refractivity contribution in [3.05, 3.63) is 54.2 Å². The van der Waals surface area contributed by atoms with E-state index in [9.17, 15) is 9.59 Å². The van der Waals surface area contributed by atoms with Crippen molar-refractivity contribution < 1.29 is 18.7 Å². The summed E-state index contributed by atoms with van der Waals surface area (Å²) in [7, 11) is 0. The Bertz CT molecular complexity index is 914. The molecule has 0 aliphatic heterocycles. The lowest BCUT2D eigenvalue weighted by atomic mass is 10.2. The molecule has 0 unspecified atom stereocenters. The standard InChI is InChI=1S/C17H14N4O4S/c1-26-15-12(8-5-9-18-15)16(23)24-10-13(22)19-17-21-20-14(25-17)11-6-3-2-4-7-11/h2-9H,10H2,1H3,(H,19,21,22). The third-order valence-corrected chi connectivity index (χ3v) is 3.92. The quantitative estimate of drug-likeness (QED) is 0.521. The van der Waals surface area contributed by atoms with E-state index < -0.39 is 18.5 Å². The molecule has 2 heterocycles. The van der Waals surface area contributed by atoms with E-state index in [1.54, 1.807) is 36.7 Å². The van der Waals surface area contributed by atoms with Gasteiger partial charge in [-0.1, -0.05) is 23.3 Å². The number of esters is 1. The van der Waals surface area contributed by atoms with Crippen LogP contribution in [0.15, 0.2) is 58.1 Å². The lowest BCUT2D eigenvalue weighted by Crippen LogP contribution is -2.21. The lowest BCUT2D eigenvalue weighted by Gasteiger charge is -2.06. The van der Waals surface area contributed by atoms with Crippen LogP contribution < -0.4 is 5.32 Å². The van der Waals surface area contributed by atoms with Gasteiger partial charge in [-0.05, 0) is 30.5 Å². The van der Waals surface area contributed by atoms with E-state index in [0.717, 1.165) is 5.56 Å². The second-order valence-corrected chi connectivity index (χ2v) is 5.76. The molecule has 0 saturated heterocycles. The Morgan fingerprint density at radius 3 is 2.73 bits per heavy atom. The molecule has 0 atom stereocenters. The van der Waals surface area contributed by atoms with Crippen LogP contribution in [0.1, 0.15) is 10.4 Å². The van der Waals surface area contributed by atoms with Gasteiger partial charge >= 0.3 is 12.0 Å². The van der Waals surface area contributed by atoms with Crippen LogP contribution >= 0.6 is 11.8 Å². The van der Waals surface area contributed by atoms with Crippen molar-refractivity contribution in [2.75, 3.05) is 18.2 Å².